The van der Waals surface area contributed by atoms with Gasteiger partial charge in [0.2, 0.25) is 0 Å². The lowest BCUT2D eigenvalue weighted by molar-refractivity contribution is 0.0695. The minimum Gasteiger partial charge on any atom is -0.477 e. The van der Waals surface area contributed by atoms with E-state index in [0.29, 0.717) is 16.7 Å². The Bertz CT molecular complexity index is 836. The van der Waals surface area contributed by atoms with Crippen molar-refractivity contribution in [1.29, 1.82) is 0 Å². The van der Waals surface area contributed by atoms with Crippen LogP contribution in [-0.2, 0) is 0 Å². The highest BCUT2D eigenvalue weighted by atomic mass is 79.9. The van der Waals surface area contributed by atoms with Gasteiger partial charge in [-0.2, -0.15) is 0 Å². The molecule has 104 valence electrons. The summed E-state index contributed by atoms with van der Waals surface area (Å²) in [5, 5.41) is 17.8. The van der Waals surface area contributed by atoms with Gasteiger partial charge in [0.05, 0.1) is 5.52 Å². The Labute approximate surface area is 128 Å². The lowest BCUT2D eigenvalue weighted by Gasteiger charge is -2.09. The number of carboxylic acids is 1. The molecule has 1 aromatic heterocycles. The molecule has 1 heterocycles. The Balaban J connectivity index is 2.14. The zero-order chi connectivity index (χ0) is 14.8. The third kappa shape index (κ3) is 2.71. The number of hydrogen-bond donors (Lipinski definition) is 1. The molecule has 0 spiro atoms. The van der Waals surface area contributed by atoms with Crippen LogP contribution in [0.2, 0.25) is 0 Å². The fraction of sp³-hybridized carbons (Fsp3) is 0. The Morgan fingerprint density at radius 1 is 1.10 bits per heavy atom. The number of halogens is 1. The van der Waals surface area contributed by atoms with Gasteiger partial charge in [-0.1, -0.05) is 40.2 Å². The van der Waals surface area contributed by atoms with Crippen molar-refractivity contribution in [2.24, 2.45) is 0 Å². The Kier molecular flexibility index (Phi) is 3.53. The molecule has 6 heteroatoms. The van der Waals surface area contributed by atoms with Gasteiger partial charge in [-0.3, -0.25) is 0 Å². The molecule has 0 unspecified atom stereocenters. The van der Waals surface area contributed by atoms with Crippen LogP contribution < -0.4 is 4.74 Å². The summed E-state index contributed by atoms with van der Waals surface area (Å²) in [6.45, 7) is 0. The second-order valence-electron chi connectivity index (χ2n) is 4.26. The largest absolute Gasteiger partial charge is 0.477 e. The molecular formula is C15H9BrN2O3. The van der Waals surface area contributed by atoms with Crippen molar-refractivity contribution in [2.45, 2.75) is 0 Å². The number of ether oxygens (including phenoxy) is 1. The number of nitrogens with zero attached hydrogens (tertiary/aromatic N) is 2. The number of hydrogen-bond acceptors (Lipinski definition) is 4. The normalized spacial score (nSPS) is 10.5. The first-order valence-electron chi connectivity index (χ1n) is 6.07. The molecule has 0 fully saturated rings. The number of carboxylic acid groups (broad SMARTS) is 1. The summed E-state index contributed by atoms with van der Waals surface area (Å²) in [7, 11) is 0. The van der Waals surface area contributed by atoms with Crippen LogP contribution in [0.5, 0.6) is 11.6 Å². The van der Waals surface area contributed by atoms with E-state index < -0.39 is 5.97 Å². The smallest absolute Gasteiger partial charge is 0.342 e. The molecule has 2 aromatic carbocycles. The van der Waals surface area contributed by atoms with E-state index in [2.05, 4.69) is 26.1 Å². The second-order valence-corrected chi connectivity index (χ2v) is 5.18. The summed E-state index contributed by atoms with van der Waals surface area (Å²) in [5.41, 5.74) is 0.511. The summed E-state index contributed by atoms with van der Waals surface area (Å²) in [6.07, 6.45) is 0. The monoisotopic (exact) mass is 344 g/mol. The topological polar surface area (TPSA) is 72.3 Å². The average molecular weight is 345 g/mol. The lowest BCUT2D eigenvalue weighted by Crippen LogP contribution is -2.05. The maximum atomic E-state index is 11.5. The van der Waals surface area contributed by atoms with Crippen LogP contribution in [0, 0.1) is 0 Å². The predicted octanol–water partition coefficient (Wildman–Crippen LogP) is 3.88. The molecule has 0 saturated heterocycles. The molecule has 0 amide bonds. The summed E-state index contributed by atoms with van der Waals surface area (Å²) < 4.78 is 6.40. The Hall–Kier alpha value is -2.47. The van der Waals surface area contributed by atoms with Crippen molar-refractivity contribution in [3.05, 3.63) is 58.6 Å². The maximum absolute atomic E-state index is 11.5. The highest BCUT2D eigenvalue weighted by molar-refractivity contribution is 9.10. The van der Waals surface area contributed by atoms with E-state index in [9.17, 15) is 9.90 Å². The van der Waals surface area contributed by atoms with Gasteiger partial charge >= 0.3 is 5.97 Å². The van der Waals surface area contributed by atoms with E-state index in [-0.39, 0.29) is 11.4 Å². The van der Waals surface area contributed by atoms with Crippen LogP contribution in [0.25, 0.3) is 10.9 Å². The lowest BCUT2D eigenvalue weighted by atomic mass is 10.1. The first-order chi connectivity index (χ1) is 10.1. The number of fused-ring (bicyclic) bond motifs is 1. The van der Waals surface area contributed by atoms with Gasteiger partial charge < -0.3 is 9.84 Å². The fourth-order valence-corrected chi connectivity index (χ4v) is 2.34. The van der Waals surface area contributed by atoms with Crippen LogP contribution in [0.3, 0.4) is 0 Å². The zero-order valence-electron chi connectivity index (χ0n) is 10.7. The van der Waals surface area contributed by atoms with E-state index in [1.54, 1.807) is 42.5 Å². The van der Waals surface area contributed by atoms with Gasteiger partial charge in [0.25, 0.3) is 5.88 Å². The highest BCUT2D eigenvalue weighted by Crippen LogP contribution is 2.29. The molecule has 0 aliphatic heterocycles. The molecule has 0 aliphatic rings. The van der Waals surface area contributed by atoms with Crippen molar-refractivity contribution in [3.8, 4) is 11.6 Å². The van der Waals surface area contributed by atoms with Gasteiger partial charge in [0, 0.05) is 9.86 Å². The van der Waals surface area contributed by atoms with Gasteiger partial charge in [-0.15, -0.1) is 10.2 Å². The highest BCUT2D eigenvalue weighted by Gasteiger charge is 2.19. The van der Waals surface area contributed by atoms with Crippen molar-refractivity contribution in [1.82, 2.24) is 10.2 Å². The van der Waals surface area contributed by atoms with Crippen molar-refractivity contribution in [2.75, 3.05) is 0 Å². The summed E-state index contributed by atoms with van der Waals surface area (Å²) in [6, 6.07) is 14.0. The minimum absolute atomic E-state index is 0.000533. The SMILES string of the molecule is O=C(O)c1c(Oc2cccc(Br)c2)nnc2ccccc12. The molecule has 5 nitrogen and oxygen atoms in total. The molecule has 0 radical (unpaired) electrons. The first-order valence-corrected chi connectivity index (χ1v) is 6.86. The third-order valence-electron chi connectivity index (χ3n) is 2.86. The van der Waals surface area contributed by atoms with Crippen molar-refractivity contribution < 1.29 is 14.6 Å². The van der Waals surface area contributed by atoms with Gasteiger partial charge in [-0.05, 0) is 24.3 Å². The summed E-state index contributed by atoms with van der Waals surface area (Å²) in [4.78, 5) is 11.5. The molecule has 0 atom stereocenters. The van der Waals surface area contributed by atoms with Gasteiger partial charge in [-0.25, -0.2) is 4.79 Å². The fourth-order valence-electron chi connectivity index (χ4n) is 1.96. The van der Waals surface area contributed by atoms with Crippen LogP contribution in [0.4, 0.5) is 0 Å². The van der Waals surface area contributed by atoms with E-state index in [4.69, 9.17) is 4.74 Å². The van der Waals surface area contributed by atoms with E-state index in [1.165, 1.54) is 0 Å². The number of rotatable bonds is 3. The standard InChI is InChI=1S/C15H9BrN2O3/c16-9-4-3-5-10(8-9)21-14-13(15(19)20)11-6-1-2-7-12(11)17-18-14/h1-8H,(H,19,20). The van der Waals surface area contributed by atoms with Gasteiger partial charge in [0.15, 0.2) is 0 Å². The maximum Gasteiger partial charge on any atom is 0.342 e. The molecule has 0 saturated carbocycles. The molecule has 3 aromatic rings. The number of carbonyl (C=O) groups is 1. The zero-order valence-corrected chi connectivity index (χ0v) is 12.2. The molecule has 1 N–H and O–H groups in total. The number of aromatic nitrogens is 2. The minimum atomic E-state index is -1.11. The molecule has 21 heavy (non-hydrogen) atoms. The number of aromatic carboxylic acids is 1. The predicted molar refractivity (Wildman–Crippen MR) is 80.7 cm³/mol. The van der Waals surface area contributed by atoms with Crippen LogP contribution in [0.1, 0.15) is 10.4 Å². The molecule has 0 aliphatic carbocycles. The first kappa shape index (κ1) is 13.5. The van der Waals surface area contributed by atoms with Crippen LogP contribution in [-0.4, -0.2) is 21.3 Å². The van der Waals surface area contributed by atoms with Gasteiger partial charge in [0.1, 0.15) is 11.3 Å². The third-order valence-corrected chi connectivity index (χ3v) is 3.35. The van der Waals surface area contributed by atoms with E-state index in [1.807, 2.05) is 6.07 Å². The van der Waals surface area contributed by atoms with E-state index in [0.717, 1.165) is 4.47 Å². The second kappa shape index (κ2) is 5.49. The average Bonchev–Trinajstić information content (AvgIpc) is 2.46. The van der Waals surface area contributed by atoms with Crippen LogP contribution in [0.15, 0.2) is 53.0 Å². The quantitative estimate of drug-likeness (QED) is 0.780. The molecule has 3 rings (SSSR count). The van der Waals surface area contributed by atoms with Crippen molar-refractivity contribution >= 4 is 32.8 Å². The van der Waals surface area contributed by atoms with Crippen LogP contribution >= 0.6 is 15.9 Å². The Morgan fingerprint density at radius 2 is 1.90 bits per heavy atom. The summed E-state index contributed by atoms with van der Waals surface area (Å²) in [5.74, 6) is -0.651. The van der Waals surface area contributed by atoms with E-state index >= 15 is 0 Å². The van der Waals surface area contributed by atoms with Crippen molar-refractivity contribution in [3.63, 3.8) is 0 Å². The molecular weight excluding hydrogens is 336 g/mol. The number of benzene rings is 2. The Morgan fingerprint density at radius 3 is 2.67 bits per heavy atom. The summed E-state index contributed by atoms with van der Waals surface area (Å²) >= 11 is 3.33. The molecule has 0 bridgehead atoms.